The van der Waals surface area contributed by atoms with Gasteiger partial charge in [-0.05, 0) is 29.4 Å². The predicted molar refractivity (Wildman–Crippen MR) is 81.3 cm³/mol. The van der Waals surface area contributed by atoms with Crippen LogP contribution < -0.4 is 0 Å². The second kappa shape index (κ2) is 5.40. The number of benzene rings is 1. The van der Waals surface area contributed by atoms with Crippen molar-refractivity contribution in [2.75, 3.05) is 13.1 Å². The molecule has 1 heterocycles. The molecule has 0 spiro atoms. The Kier molecular flexibility index (Phi) is 3.95. The normalized spacial score (nSPS) is 18.1. The Labute approximate surface area is 126 Å². The zero-order valence-electron chi connectivity index (χ0n) is 12.9. The van der Waals surface area contributed by atoms with Gasteiger partial charge in [-0.25, -0.2) is 4.79 Å². The van der Waals surface area contributed by atoms with Gasteiger partial charge in [0, 0.05) is 13.1 Å². The number of carboxylic acid groups (broad SMARTS) is 1. The van der Waals surface area contributed by atoms with E-state index in [1.165, 1.54) is 10.5 Å². The molecule has 4 heteroatoms. The molecule has 0 atom stereocenters. The minimum atomic E-state index is -0.898. The quantitative estimate of drug-likeness (QED) is 0.859. The number of rotatable bonds is 1. The van der Waals surface area contributed by atoms with Crippen LogP contribution >= 0.6 is 0 Å². The van der Waals surface area contributed by atoms with Gasteiger partial charge in [-0.3, -0.25) is 0 Å². The van der Waals surface area contributed by atoms with E-state index in [2.05, 4.69) is 39.0 Å². The molecule has 1 aliphatic rings. The lowest BCUT2D eigenvalue weighted by atomic mass is 9.73. The van der Waals surface area contributed by atoms with E-state index in [9.17, 15) is 10.1 Å². The molecule has 21 heavy (non-hydrogen) atoms. The zero-order chi connectivity index (χ0) is 15.7. The van der Waals surface area contributed by atoms with Gasteiger partial charge in [0.15, 0.2) is 0 Å². The number of nitriles is 1. The summed E-state index contributed by atoms with van der Waals surface area (Å²) in [6.07, 6.45) is 0.222. The molecule has 1 aromatic rings. The Morgan fingerprint density at radius 3 is 2.14 bits per heavy atom. The van der Waals surface area contributed by atoms with Gasteiger partial charge in [-0.2, -0.15) is 5.26 Å². The molecular weight excluding hydrogens is 264 g/mol. The molecule has 4 nitrogen and oxygen atoms in total. The van der Waals surface area contributed by atoms with Crippen LogP contribution in [0.2, 0.25) is 0 Å². The fraction of sp³-hybridized carbons (Fsp3) is 0.529. The van der Waals surface area contributed by atoms with Gasteiger partial charge in [-0.15, -0.1) is 0 Å². The van der Waals surface area contributed by atoms with Gasteiger partial charge in [0.1, 0.15) is 0 Å². The van der Waals surface area contributed by atoms with E-state index in [0.717, 1.165) is 5.56 Å². The molecule has 0 unspecified atom stereocenters. The Hall–Kier alpha value is -2.02. The molecule has 1 N–H and O–H groups in total. The van der Waals surface area contributed by atoms with Crippen molar-refractivity contribution in [1.82, 2.24) is 4.90 Å². The van der Waals surface area contributed by atoms with Crippen LogP contribution in [0, 0.1) is 11.3 Å². The second-order valence-corrected chi connectivity index (χ2v) is 6.79. The number of likely N-dealkylation sites (tertiary alicyclic amines) is 1. The van der Waals surface area contributed by atoms with Crippen LogP contribution in [-0.4, -0.2) is 29.2 Å². The maximum atomic E-state index is 11.0. The summed E-state index contributed by atoms with van der Waals surface area (Å²) in [4.78, 5) is 12.4. The van der Waals surface area contributed by atoms with E-state index in [4.69, 9.17) is 5.11 Å². The third kappa shape index (κ3) is 3.02. The lowest BCUT2D eigenvalue weighted by Gasteiger charge is -2.36. The van der Waals surface area contributed by atoms with Gasteiger partial charge < -0.3 is 10.0 Å². The molecule has 1 saturated heterocycles. The average molecular weight is 286 g/mol. The smallest absolute Gasteiger partial charge is 0.407 e. The number of hydrogen-bond acceptors (Lipinski definition) is 2. The van der Waals surface area contributed by atoms with E-state index >= 15 is 0 Å². The summed E-state index contributed by atoms with van der Waals surface area (Å²) in [5.74, 6) is 0. The highest BCUT2D eigenvalue weighted by molar-refractivity contribution is 5.65. The van der Waals surface area contributed by atoms with Crippen LogP contribution in [0.15, 0.2) is 24.3 Å². The van der Waals surface area contributed by atoms with Crippen LogP contribution in [0.25, 0.3) is 0 Å². The Balaban J connectivity index is 2.23. The molecule has 0 saturated carbocycles. The summed E-state index contributed by atoms with van der Waals surface area (Å²) >= 11 is 0. The van der Waals surface area contributed by atoms with Crippen LogP contribution in [0.3, 0.4) is 0 Å². The Morgan fingerprint density at radius 1 is 1.24 bits per heavy atom. The standard InChI is InChI=1S/C17H22N2O2/c1-16(2,3)13-4-6-14(7-5-13)17(12-18)8-10-19(11-9-17)15(20)21/h4-7H,8-11H2,1-3H3,(H,20,21). The highest BCUT2D eigenvalue weighted by atomic mass is 16.4. The second-order valence-electron chi connectivity index (χ2n) is 6.79. The summed E-state index contributed by atoms with van der Waals surface area (Å²) < 4.78 is 0. The van der Waals surface area contributed by atoms with Crippen LogP contribution in [0.5, 0.6) is 0 Å². The van der Waals surface area contributed by atoms with Crippen LogP contribution in [0.4, 0.5) is 4.79 Å². The highest BCUT2D eigenvalue weighted by Gasteiger charge is 2.37. The average Bonchev–Trinajstić information content (AvgIpc) is 2.46. The number of piperidine rings is 1. The van der Waals surface area contributed by atoms with Gasteiger partial charge >= 0.3 is 6.09 Å². The third-order valence-electron chi connectivity index (χ3n) is 4.41. The Morgan fingerprint density at radius 2 is 1.76 bits per heavy atom. The van der Waals surface area contributed by atoms with Crippen molar-refractivity contribution in [2.45, 2.75) is 44.4 Å². The largest absolute Gasteiger partial charge is 0.465 e. The van der Waals surface area contributed by atoms with Crippen molar-refractivity contribution in [2.24, 2.45) is 0 Å². The molecule has 1 aromatic carbocycles. The van der Waals surface area contributed by atoms with Gasteiger partial charge in [0.05, 0.1) is 11.5 Å². The van der Waals surface area contributed by atoms with Crippen molar-refractivity contribution in [3.05, 3.63) is 35.4 Å². The molecule has 0 radical (unpaired) electrons. The molecule has 2 rings (SSSR count). The van der Waals surface area contributed by atoms with E-state index in [1.54, 1.807) is 0 Å². The van der Waals surface area contributed by atoms with E-state index in [-0.39, 0.29) is 5.41 Å². The van der Waals surface area contributed by atoms with Gasteiger partial charge in [-0.1, -0.05) is 45.0 Å². The fourth-order valence-electron chi connectivity index (χ4n) is 2.83. The molecule has 1 aliphatic heterocycles. The SMILES string of the molecule is CC(C)(C)c1ccc(C2(C#N)CCN(C(=O)O)CC2)cc1. The maximum Gasteiger partial charge on any atom is 0.407 e. The zero-order valence-corrected chi connectivity index (χ0v) is 12.9. The predicted octanol–water partition coefficient (Wildman–Crippen LogP) is 3.52. The first kappa shape index (κ1) is 15.4. The Bertz CT molecular complexity index is 556. The maximum absolute atomic E-state index is 11.0. The monoisotopic (exact) mass is 286 g/mol. The number of amides is 1. The lowest BCUT2D eigenvalue weighted by molar-refractivity contribution is 0.125. The van der Waals surface area contributed by atoms with Crippen LogP contribution in [0.1, 0.15) is 44.7 Å². The molecule has 1 amide bonds. The minimum Gasteiger partial charge on any atom is -0.465 e. The fourth-order valence-corrected chi connectivity index (χ4v) is 2.83. The van der Waals surface area contributed by atoms with Gasteiger partial charge in [0.25, 0.3) is 0 Å². The number of hydrogen-bond donors (Lipinski definition) is 1. The third-order valence-corrected chi connectivity index (χ3v) is 4.41. The topological polar surface area (TPSA) is 64.3 Å². The molecule has 0 aromatic heterocycles. The first-order valence-electron chi connectivity index (χ1n) is 7.29. The van der Waals surface area contributed by atoms with Gasteiger partial charge in [0.2, 0.25) is 0 Å². The summed E-state index contributed by atoms with van der Waals surface area (Å²) in [7, 11) is 0. The number of nitrogens with zero attached hydrogens (tertiary/aromatic N) is 2. The van der Waals surface area contributed by atoms with Crippen LogP contribution in [-0.2, 0) is 10.8 Å². The molecule has 0 bridgehead atoms. The molecule has 112 valence electrons. The van der Waals surface area contributed by atoms with Crippen molar-refractivity contribution < 1.29 is 9.90 Å². The minimum absolute atomic E-state index is 0.0883. The van der Waals surface area contributed by atoms with Crippen molar-refractivity contribution in [3.8, 4) is 6.07 Å². The van der Waals surface area contributed by atoms with Crippen molar-refractivity contribution in [3.63, 3.8) is 0 Å². The highest BCUT2D eigenvalue weighted by Crippen LogP contribution is 2.36. The van der Waals surface area contributed by atoms with E-state index in [1.807, 2.05) is 12.1 Å². The molecule has 0 aliphatic carbocycles. The van der Waals surface area contributed by atoms with E-state index < -0.39 is 11.5 Å². The van der Waals surface area contributed by atoms with Crippen molar-refractivity contribution >= 4 is 6.09 Å². The summed E-state index contributed by atoms with van der Waals surface area (Å²) in [6, 6.07) is 10.7. The lowest BCUT2D eigenvalue weighted by Crippen LogP contribution is -2.44. The molecule has 1 fully saturated rings. The summed E-state index contributed by atoms with van der Waals surface area (Å²) in [6.45, 7) is 7.32. The number of carbonyl (C=O) groups is 1. The molecular formula is C17H22N2O2. The van der Waals surface area contributed by atoms with E-state index in [0.29, 0.717) is 25.9 Å². The first-order chi connectivity index (χ1) is 9.78. The van der Waals surface area contributed by atoms with Crippen molar-refractivity contribution in [1.29, 1.82) is 5.26 Å². The summed E-state index contributed by atoms with van der Waals surface area (Å²) in [5, 5.41) is 18.7. The first-order valence-corrected chi connectivity index (χ1v) is 7.29. The summed E-state index contributed by atoms with van der Waals surface area (Å²) in [5.41, 5.74) is 1.78.